The predicted octanol–water partition coefficient (Wildman–Crippen LogP) is 6.10. The van der Waals surface area contributed by atoms with Gasteiger partial charge < -0.3 is 25.2 Å². The Balaban J connectivity index is 2.37. The van der Waals surface area contributed by atoms with Crippen LogP contribution in [0.4, 0.5) is 5.82 Å². The van der Waals surface area contributed by atoms with Gasteiger partial charge in [-0.25, -0.2) is 4.98 Å². The molecule has 0 amide bonds. The van der Waals surface area contributed by atoms with Gasteiger partial charge >= 0.3 is 0 Å². The predicted molar refractivity (Wildman–Crippen MR) is 140 cm³/mol. The molecule has 1 aromatic carbocycles. The van der Waals surface area contributed by atoms with Gasteiger partial charge in [-0.3, -0.25) is 4.79 Å². The molecule has 188 valence electrons. The average molecular weight is 471 g/mol. The number of rotatable bonds is 16. The molecular formula is C27H42N4O3. The number of anilines is 1. The maximum atomic E-state index is 13.1. The molecule has 0 saturated heterocycles. The highest BCUT2D eigenvalue weighted by Crippen LogP contribution is 2.28. The number of ether oxygens (including phenoxy) is 2. The maximum Gasteiger partial charge on any atom is 0.262 e. The zero-order valence-electron chi connectivity index (χ0n) is 21.6. The van der Waals surface area contributed by atoms with Crippen LogP contribution in [0.25, 0.3) is 0 Å². The lowest BCUT2D eigenvalue weighted by atomic mass is 10.0. The van der Waals surface area contributed by atoms with Gasteiger partial charge in [-0.2, -0.15) is 0 Å². The van der Waals surface area contributed by atoms with Crippen molar-refractivity contribution in [2.24, 2.45) is 0 Å². The van der Waals surface area contributed by atoms with Gasteiger partial charge in [0.1, 0.15) is 17.2 Å². The topological polar surface area (TPSA) is 100 Å². The molecule has 1 heterocycles. The molecule has 0 aliphatic carbocycles. The van der Waals surface area contributed by atoms with E-state index in [1.54, 1.807) is 14.2 Å². The van der Waals surface area contributed by atoms with E-state index in [1.165, 1.54) is 19.3 Å². The van der Waals surface area contributed by atoms with Crippen LogP contribution in [0.1, 0.15) is 95.5 Å². The van der Waals surface area contributed by atoms with Gasteiger partial charge in [0, 0.05) is 18.2 Å². The third-order valence-electron chi connectivity index (χ3n) is 5.97. The van der Waals surface area contributed by atoms with E-state index in [9.17, 15) is 4.79 Å². The van der Waals surface area contributed by atoms with Crippen molar-refractivity contribution in [3.05, 3.63) is 45.5 Å². The standard InChI is InChI=1S/C27H42N4O3/c1-6-9-10-11-14-20(12-7-2)29-26-25(21(28)13-8-3)27(32)31-24(30-26)18-19-15-16-22(33-4)23(17-19)34-5/h15-17,20,28H,6-14,18H2,1-5H3,(H2,29,30,31,32). The first-order valence-electron chi connectivity index (χ1n) is 12.7. The molecule has 7 nitrogen and oxygen atoms in total. The van der Waals surface area contributed by atoms with E-state index in [2.05, 4.69) is 24.1 Å². The number of methoxy groups -OCH3 is 2. The minimum Gasteiger partial charge on any atom is -0.493 e. The molecule has 0 spiro atoms. The largest absolute Gasteiger partial charge is 0.493 e. The number of H-pyrrole nitrogens is 1. The van der Waals surface area contributed by atoms with E-state index >= 15 is 0 Å². The SMILES string of the molecule is CCCCCCC(CCC)Nc1nc(Cc2ccc(OC)c(OC)c2)[nH]c(=O)c1C(=N)CCC. The van der Waals surface area contributed by atoms with Gasteiger partial charge in [-0.1, -0.05) is 65.4 Å². The van der Waals surface area contributed by atoms with Crippen LogP contribution in [-0.2, 0) is 6.42 Å². The van der Waals surface area contributed by atoms with E-state index in [0.29, 0.717) is 47.3 Å². The second kappa shape index (κ2) is 14.4. The van der Waals surface area contributed by atoms with E-state index in [4.69, 9.17) is 19.9 Å². The third-order valence-corrected chi connectivity index (χ3v) is 5.97. The molecule has 1 atom stereocenters. The van der Waals surface area contributed by atoms with Gasteiger partial charge in [0.05, 0.1) is 14.2 Å². The highest BCUT2D eigenvalue weighted by atomic mass is 16.5. The van der Waals surface area contributed by atoms with Crippen LogP contribution in [-0.4, -0.2) is 35.9 Å². The summed E-state index contributed by atoms with van der Waals surface area (Å²) in [6.45, 7) is 6.41. The molecule has 1 aromatic heterocycles. The highest BCUT2D eigenvalue weighted by Gasteiger charge is 2.19. The van der Waals surface area contributed by atoms with Crippen molar-refractivity contribution in [2.45, 2.75) is 91.0 Å². The second-order valence-corrected chi connectivity index (χ2v) is 8.81. The molecule has 0 aliphatic heterocycles. The Hall–Kier alpha value is -2.83. The number of aromatic nitrogens is 2. The summed E-state index contributed by atoms with van der Waals surface area (Å²) in [6.07, 6.45) is 9.70. The number of hydrogen-bond donors (Lipinski definition) is 3. The van der Waals surface area contributed by atoms with Crippen molar-refractivity contribution in [1.82, 2.24) is 9.97 Å². The Morgan fingerprint density at radius 1 is 1.03 bits per heavy atom. The Bertz CT molecular complexity index is 971. The molecule has 7 heteroatoms. The van der Waals surface area contributed by atoms with Gasteiger partial charge in [0.25, 0.3) is 5.56 Å². The van der Waals surface area contributed by atoms with E-state index in [1.807, 2.05) is 25.1 Å². The van der Waals surface area contributed by atoms with Crippen LogP contribution in [0.15, 0.2) is 23.0 Å². The van der Waals surface area contributed by atoms with Crippen molar-refractivity contribution >= 4 is 11.5 Å². The van der Waals surface area contributed by atoms with Gasteiger partial charge in [0.2, 0.25) is 0 Å². The van der Waals surface area contributed by atoms with Crippen LogP contribution < -0.4 is 20.3 Å². The lowest BCUT2D eigenvalue weighted by molar-refractivity contribution is 0.354. The smallest absolute Gasteiger partial charge is 0.262 e. The third kappa shape index (κ3) is 7.89. The number of nitrogens with zero attached hydrogens (tertiary/aromatic N) is 1. The number of hydrogen-bond acceptors (Lipinski definition) is 6. The van der Waals surface area contributed by atoms with Gasteiger partial charge in [-0.05, 0) is 37.0 Å². The van der Waals surface area contributed by atoms with Crippen LogP contribution in [0.3, 0.4) is 0 Å². The Kier molecular flexibility index (Phi) is 11.6. The first-order valence-corrected chi connectivity index (χ1v) is 12.7. The fourth-order valence-electron chi connectivity index (χ4n) is 4.19. The normalized spacial score (nSPS) is 11.8. The minimum atomic E-state index is -0.257. The summed E-state index contributed by atoms with van der Waals surface area (Å²) in [5.74, 6) is 2.39. The van der Waals surface area contributed by atoms with Crippen LogP contribution in [0.5, 0.6) is 11.5 Å². The fourth-order valence-corrected chi connectivity index (χ4v) is 4.19. The second-order valence-electron chi connectivity index (χ2n) is 8.81. The quantitative estimate of drug-likeness (QED) is 0.203. The van der Waals surface area contributed by atoms with Crippen LogP contribution in [0.2, 0.25) is 0 Å². The molecule has 0 radical (unpaired) electrons. The van der Waals surface area contributed by atoms with Crippen molar-refractivity contribution in [2.75, 3.05) is 19.5 Å². The number of unbranched alkanes of at least 4 members (excludes halogenated alkanes) is 3. The molecular weight excluding hydrogens is 428 g/mol. The first-order chi connectivity index (χ1) is 16.5. The maximum absolute atomic E-state index is 13.1. The molecule has 0 saturated carbocycles. The van der Waals surface area contributed by atoms with Crippen molar-refractivity contribution in [1.29, 1.82) is 5.41 Å². The summed E-state index contributed by atoms with van der Waals surface area (Å²) in [7, 11) is 3.21. The fraction of sp³-hybridized carbons (Fsp3) is 0.593. The molecule has 0 aliphatic rings. The Morgan fingerprint density at radius 3 is 2.44 bits per heavy atom. The van der Waals surface area contributed by atoms with E-state index in [-0.39, 0.29) is 11.6 Å². The number of aromatic amines is 1. The van der Waals surface area contributed by atoms with Gasteiger partial charge in [0.15, 0.2) is 11.5 Å². The molecule has 2 aromatic rings. The minimum absolute atomic E-state index is 0.235. The van der Waals surface area contributed by atoms with E-state index < -0.39 is 0 Å². The first kappa shape index (κ1) is 27.4. The zero-order valence-corrected chi connectivity index (χ0v) is 21.6. The molecule has 0 bridgehead atoms. The zero-order chi connectivity index (χ0) is 24.9. The summed E-state index contributed by atoms with van der Waals surface area (Å²) in [4.78, 5) is 20.8. The Morgan fingerprint density at radius 2 is 1.79 bits per heavy atom. The monoisotopic (exact) mass is 470 g/mol. The summed E-state index contributed by atoms with van der Waals surface area (Å²) in [6, 6.07) is 5.92. The lowest BCUT2D eigenvalue weighted by Gasteiger charge is -2.21. The van der Waals surface area contributed by atoms with Crippen molar-refractivity contribution in [3.63, 3.8) is 0 Å². The Labute approximate surface area is 204 Å². The van der Waals surface area contributed by atoms with Crippen molar-refractivity contribution < 1.29 is 9.47 Å². The lowest BCUT2D eigenvalue weighted by Crippen LogP contribution is -2.28. The number of benzene rings is 1. The summed E-state index contributed by atoms with van der Waals surface area (Å²) >= 11 is 0. The molecule has 0 fully saturated rings. The highest BCUT2D eigenvalue weighted by molar-refractivity contribution is 6.01. The average Bonchev–Trinajstić information content (AvgIpc) is 2.81. The van der Waals surface area contributed by atoms with Crippen LogP contribution >= 0.6 is 0 Å². The van der Waals surface area contributed by atoms with Crippen LogP contribution in [0, 0.1) is 5.41 Å². The summed E-state index contributed by atoms with van der Waals surface area (Å²) in [5, 5.41) is 12.1. The van der Waals surface area contributed by atoms with E-state index in [0.717, 1.165) is 37.7 Å². The molecule has 3 N–H and O–H groups in total. The summed E-state index contributed by atoms with van der Waals surface area (Å²) < 4.78 is 10.7. The number of nitrogens with one attached hydrogen (secondary N) is 3. The van der Waals surface area contributed by atoms with Gasteiger partial charge in [-0.15, -0.1) is 0 Å². The summed E-state index contributed by atoms with van der Waals surface area (Å²) in [5.41, 5.74) is 1.39. The molecule has 2 rings (SSSR count). The molecule has 34 heavy (non-hydrogen) atoms. The molecule has 1 unspecified atom stereocenters. The van der Waals surface area contributed by atoms with Crippen molar-refractivity contribution in [3.8, 4) is 11.5 Å².